The number of hydrazine groups is 1. The normalized spacial score (nSPS) is 33.6. The van der Waals surface area contributed by atoms with Gasteiger partial charge < -0.3 is 0 Å². The van der Waals surface area contributed by atoms with Crippen molar-refractivity contribution in [3.63, 3.8) is 0 Å². The summed E-state index contributed by atoms with van der Waals surface area (Å²) in [5.74, 6) is 1.26. The molecule has 0 saturated carbocycles. The van der Waals surface area contributed by atoms with Gasteiger partial charge in [0.1, 0.15) is 0 Å². The predicted octanol–water partition coefficient (Wildman–Crippen LogP) is 0.947. The second kappa shape index (κ2) is 3.60. The lowest BCUT2D eigenvalue weighted by atomic mass is 10.2. The number of hydrogen-bond donors (Lipinski definition) is 1. The van der Waals surface area contributed by atoms with E-state index in [4.69, 9.17) is 0 Å². The Balaban J connectivity index is 2.18. The highest BCUT2D eigenvalue weighted by Crippen LogP contribution is 2.25. The summed E-state index contributed by atoms with van der Waals surface area (Å²) in [5, 5.41) is 2.89. The summed E-state index contributed by atoms with van der Waals surface area (Å²) >= 11 is 2.06. The monoisotopic (exact) mass is 160 g/mol. The molecule has 60 valence electrons. The molecule has 3 heteroatoms. The van der Waals surface area contributed by atoms with E-state index in [0.717, 1.165) is 5.25 Å². The molecule has 0 aromatic heterocycles. The maximum Gasteiger partial charge on any atom is 0.0316 e. The molecule has 2 nitrogen and oxygen atoms in total. The summed E-state index contributed by atoms with van der Waals surface area (Å²) in [6.07, 6.45) is 1.31. The molecule has 10 heavy (non-hydrogen) atoms. The number of nitrogens with one attached hydrogen (secondary N) is 1. The Morgan fingerprint density at radius 1 is 1.50 bits per heavy atom. The predicted molar refractivity (Wildman–Crippen MR) is 47.1 cm³/mol. The zero-order valence-corrected chi connectivity index (χ0v) is 7.74. The minimum atomic E-state index is 0.704. The van der Waals surface area contributed by atoms with Crippen molar-refractivity contribution in [2.24, 2.45) is 0 Å². The molecule has 0 aliphatic carbocycles. The number of rotatable bonds is 2. The third kappa shape index (κ3) is 2.48. The van der Waals surface area contributed by atoms with E-state index in [1.54, 1.807) is 0 Å². The van der Waals surface area contributed by atoms with Crippen molar-refractivity contribution in [2.75, 3.05) is 19.8 Å². The molecule has 1 aliphatic rings. The average Bonchev–Trinajstić information content (AvgIpc) is 2.13. The van der Waals surface area contributed by atoms with E-state index in [1.165, 1.54) is 12.2 Å². The Labute approximate surface area is 67.3 Å². The third-order valence-electron chi connectivity index (χ3n) is 1.64. The summed E-state index contributed by atoms with van der Waals surface area (Å²) in [6, 6.07) is 0.704. The lowest BCUT2D eigenvalue weighted by Gasteiger charge is -2.17. The maximum absolute atomic E-state index is 3.38. The molecular formula is C7H16N2S. The SMILES string of the molecule is CC1CC(NN(C)C)CS1. The highest BCUT2D eigenvalue weighted by Gasteiger charge is 2.21. The zero-order valence-electron chi connectivity index (χ0n) is 6.92. The van der Waals surface area contributed by atoms with E-state index in [0.29, 0.717) is 6.04 Å². The molecule has 1 rings (SSSR count). The fourth-order valence-electron chi connectivity index (χ4n) is 1.27. The Morgan fingerprint density at radius 2 is 2.20 bits per heavy atom. The first-order valence-corrected chi connectivity index (χ1v) is 4.78. The third-order valence-corrected chi connectivity index (χ3v) is 3.00. The first-order valence-electron chi connectivity index (χ1n) is 3.73. The van der Waals surface area contributed by atoms with E-state index in [9.17, 15) is 0 Å². The summed E-state index contributed by atoms with van der Waals surface area (Å²) in [5.41, 5.74) is 3.38. The van der Waals surface area contributed by atoms with Crippen molar-refractivity contribution in [1.29, 1.82) is 0 Å². The van der Waals surface area contributed by atoms with Crippen molar-refractivity contribution in [1.82, 2.24) is 10.4 Å². The van der Waals surface area contributed by atoms with Gasteiger partial charge >= 0.3 is 0 Å². The van der Waals surface area contributed by atoms with Crippen LogP contribution in [0, 0.1) is 0 Å². The van der Waals surface area contributed by atoms with Crippen molar-refractivity contribution >= 4 is 11.8 Å². The topological polar surface area (TPSA) is 15.3 Å². The van der Waals surface area contributed by atoms with Crippen LogP contribution in [0.3, 0.4) is 0 Å². The van der Waals surface area contributed by atoms with Crippen LogP contribution in [0.1, 0.15) is 13.3 Å². The van der Waals surface area contributed by atoms with Crippen molar-refractivity contribution in [3.8, 4) is 0 Å². The Bertz CT molecular complexity index is 106. The molecule has 0 aromatic rings. The molecule has 1 fully saturated rings. The summed E-state index contributed by atoms with van der Waals surface area (Å²) < 4.78 is 0. The van der Waals surface area contributed by atoms with Gasteiger partial charge in [-0.3, -0.25) is 10.4 Å². The second-order valence-corrected chi connectivity index (χ2v) is 4.57. The van der Waals surface area contributed by atoms with Crippen LogP contribution in [-0.4, -0.2) is 36.1 Å². The van der Waals surface area contributed by atoms with Gasteiger partial charge in [-0.25, -0.2) is 0 Å². The summed E-state index contributed by atoms with van der Waals surface area (Å²) in [4.78, 5) is 0. The summed E-state index contributed by atoms with van der Waals surface area (Å²) in [6.45, 7) is 2.29. The van der Waals surface area contributed by atoms with Crippen LogP contribution in [-0.2, 0) is 0 Å². The molecular weight excluding hydrogens is 144 g/mol. The molecule has 0 amide bonds. The van der Waals surface area contributed by atoms with Crippen LogP contribution in [0.2, 0.25) is 0 Å². The van der Waals surface area contributed by atoms with Crippen molar-refractivity contribution < 1.29 is 0 Å². The van der Waals surface area contributed by atoms with Crippen LogP contribution >= 0.6 is 11.8 Å². The van der Waals surface area contributed by atoms with E-state index in [-0.39, 0.29) is 0 Å². The van der Waals surface area contributed by atoms with E-state index in [2.05, 4.69) is 24.1 Å². The minimum absolute atomic E-state index is 0.704. The Hall–Kier alpha value is 0.270. The lowest BCUT2D eigenvalue weighted by Crippen LogP contribution is -2.39. The molecule has 1 saturated heterocycles. The van der Waals surface area contributed by atoms with E-state index in [1.807, 2.05) is 19.1 Å². The molecule has 1 aliphatic heterocycles. The molecule has 0 spiro atoms. The minimum Gasteiger partial charge on any atom is -0.252 e. The molecule has 0 aromatic carbocycles. The molecule has 1 N–H and O–H groups in total. The van der Waals surface area contributed by atoms with Gasteiger partial charge in [0.15, 0.2) is 0 Å². The van der Waals surface area contributed by atoms with Gasteiger partial charge in [0.25, 0.3) is 0 Å². The van der Waals surface area contributed by atoms with Gasteiger partial charge in [-0.05, 0) is 6.42 Å². The highest BCUT2D eigenvalue weighted by atomic mass is 32.2. The second-order valence-electron chi connectivity index (χ2n) is 3.10. The van der Waals surface area contributed by atoms with Gasteiger partial charge in [0.05, 0.1) is 0 Å². The number of thioether (sulfide) groups is 1. The number of hydrogen-bond acceptors (Lipinski definition) is 3. The molecule has 0 radical (unpaired) electrons. The van der Waals surface area contributed by atoms with Gasteiger partial charge in [0, 0.05) is 31.1 Å². The van der Waals surface area contributed by atoms with Crippen LogP contribution < -0.4 is 5.43 Å². The van der Waals surface area contributed by atoms with Crippen LogP contribution in [0.4, 0.5) is 0 Å². The van der Waals surface area contributed by atoms with Crippen molar-refractivity contribution in [2.45, 2.75) is 24.6 Å². The zero-order chi connectivity index (χ0) is 7.56. The van der Waals surface area contributed by atoms with Gasteiger partial charge in [-0.2, -0.15) is 11.8 Å². The van der Waals surface area contributed by atoms with Crippen LogP contribution in [0.15, 0.2) is 0 Å². The van der Waals surface area contributed by atoms with Gasteiger partial charge in [0.2, 0.25) is 0 Å². The molecule has 2 unspecified atom stereocenters. The molecule has 2 atom stereocenters. The smallest absolute Gasteiger partial charge is 0.0316 e. The fourth-order valence-corrected chi connectivity index (χ4v) is 2.41. The Kier molecular flexibility index (Phi) is 3.01. The quantitative estimate of drug-likeness (QED) is 0.605. The largest absolute Gasteiger partial charge is 0.252 e. The van der Waals surface area contributed by atoms with Gasteiger partial charge in [-0.1, -0.05) is 6.92 Å². The lowest BCUT2D eigenvalue weighted by molar-refractivity contribution is 0.250. The number of nitrogens with zero attached hydrogens (tertiary/aromatic N) is 1. The first kappa shape index (κ1) is 8.37. The molecule has 1 heterocycles. The summed E-state index contributed by atoms with van der Waals surface area (Å²) in [7, 11) is 4.10. The molecule has 0 bridgehead atoms. The van der Waals surface area contributed by atoms with Crippen LogP contribution in [0.25, 0.3) is 0 Å². The highest BCUT2D eigenvalue weighted by molar-refractivity contribution is 8.00. The van der Waals surface area contributed by atoms with Crippen LogP contribution in [0.5, 0.6) is 0 Å². The maximum atomic E-state index is 3.38. The standard InChI is InChI=1S/C7H16N2S/c1-6-4-7(5-10-6)8-9(2)3/h6-8H,4-5H2,1-3H3. The van der Waals surface area contributed by atoms with E-state index < -0.39 is 0 Å². The van der Waals surface area contributed by atoms with E-state index >= 15 is 0 Å². The average molecular weight is 160 g/mol. The van der Waals surface area contributed by atoms with Crippen molar-refractivity contribution in [3.05, 3.63) is 0 Å². The fraction of sp³-hybridized carbons (Fsp3) is 1.00. The first-order chi connectivity index (χ1) is 4.68. The van der Waals surface area contributed by atoms with Gasteiger partial charge in [-0.15, -0.1) is 0 Å². The Morgan fingerprint density at radius 3 is 2.60 bits per heavy atom.